The van der Waals surface area contributed by atoms with Crippen LogP contribution in [0.3, 0.4) is 0 Å². The van der Waals surface area contributed by atoms with Gasteiger partial charge >= 0.3 is 0 Å². The minimum absolute atomic E-state index is 0.110. The van der Waals surface area contributed by atoms with Crippen LogP contribution < -0.4 is 4.90 Å². The van der Waals surface area contributed by atoms with Crippen molar-refractivity contribution >= 4 is 5.69 Å². The largest absolute Gasteiger partial charge is 0.367 e. The first-order valence-electron chi connectivity index (χ1n) is 9.87. The topological polar surface area (TPSA) is 63.0 Å². The molecule has 2 aromatic heterocycles. The van der Waals surface area contributed by atoms with E-state index in [0.717, 1.165) is 37.6 Å². The fourth-order valence-electron chi connectivity index (χ4n) is 3.83. The molecule has 0 aliphatic carbocycles. The molecule has 1 aromatic carbocycles. The average Bonchev–Trinajstić information content (AvgIpc) is 3.20. The van der Waals surface area contributed by atoms with E-state index in [0.29, 0.717) is 5.69 Å². The number of hydrogen-bond donors (Lipinski definition) is 0. The third-order valence-corrected chi connectivity index (χ3v) is 5.25. The fourth-order valence-corrected chi connectivity index (χ4v) is 3.83. The van der Waals surface area contributed by atoms with Crippen LogP contribution in [-0.2, 0) is 5.54 Å². The van der Waals surface area contributed by atoms with Crippen LogP contribution in [-0.4, -0.2) is 56.3 Å². The zero-order chi connectivity index (χ0) is 20.4. The van der Waals surface area contributed by atoms with Crippen LogP contribution in [0.4, 0.5) is 10.1 Å². The summed E-state index contributed by atoms with van der Waals surface area (Å²) in [4.78, 5) is 8.76. The van der Waals surface area contributed by atoms with Crippen LogP contribution in [0.5, 0.6) is 0 Å². The minimum atomic E-state index is -0.242. The van der Waals surface area contributed by atoms with E-state index in [2.05, 4.69) is 57.1 Å². The van der Waals surface area contributed by atoms with Gasteiger partial charge in [-0.25, -0.2) is 9.07 Å². The van der Waals surface area contributed by atoms with Gasteiger partial charge in [-0.3, -0.25) is 9.88 Å². The summed E-state index contributed by atoms with van der Waals surface area (Å²) < 4.78 is 16.1. The Bertz CT molecular complexity index is 943. The smallest absolute Gasteiger partial charge is 0.173 e. The van der Waals surface area contributed by atoms with E-state index in [9.17, 15) is 4.39 Å². The summed E-state index contributed by atoms with van der Waals surface area (Å²) in [5, 5.41) is 12.6. The van der Waals surface area contributed by atoms with E-state index in [-0.39, 0.29) is 17.4 Å². The monoisotopic (exact) mass is 395 g/mol. The van der Waals surface area contributed by atoms with Crippen molar-refractivity contribution in [2.75, 3.05) is 31.1 Å². The fraction of sp³-hybridized carbons (Fsp3) is 0.429. The summed E-state index contributed by atoms with van der Waals surface area (Å²) in [5.41, 5.74) is 1.46. The first-order valence-corrected chi connectivity index (χ1v) is 9.87. The Labute approximate surface area is 170 Å². The second kappa shape index (κ2) is 7.87. The quantitative estimate of drug-likeness (QED) is 0.677. The van der Waals surface area contributed by atoms with Gasteiger partial charge in [-0.15, -0.1) is 5.10 Å². The zero-order valence-corrected chi connectivity index (χ0v) is 17.0. The Morgan fingerprint density at radius 3 is 2.41 bits per heavy atom. The number of nitrogens with zero attached hydrogens (tertiary/aromatic N) is 7. The number of rotatable bonds is 4. The van der Waals surface area contributed by atoms with Gasteiger partial charge in [0.15, 0.2) is 5.82 Å². The van der Waals surface area contributed by atoms with Crippen molar-refractivity contribution in [3.05, 3.63) is 66.0 Å². The lowest BCUT2D eigenvalue weighted by Gasteiger charge is -2.40. The van der Waals surface area contributed by atoms with Crippen molar-refractivity contribution < 1.29 is 4.39 Å². The average molecular weight is 395 g/mol. The first-order chi connectivity index (χ1) is 13.9. The standard InChI is InChI=1S/C21H26FN7/c1-21(2,3)29-20(24-25-26-29)19(16-7-6-10-23-15-16)28-13-11-27(12-14-28)18-9-5-4-8-17(18)22/h4-10,15,19H,11-14H2,1-3H3/t19-/m0/s1. The van der Waals surface area contributed by atoms with Gasteiger partial charge in [0.25, 0.3) is 0 Å². The normalized spacial score (nSPS) is 16.8. The molecule has 7 nitrogen and oxygen atoms in total. The van der Waals surface area contributed by atoms with Gasteiger partial charge in [-0.1, -0.05) is 18.2 Å². The molecule has 0 radical (unpaired) electrons. The molecule has 1 saturated heterocycles. The first kappa shape index (κ1) is 19.4. The van der Waals surface area contributed by atoms with E-state index < -0.39 is 0 Å². The van der Waals surface area contributed by atoms with Crippen LogP contribution >= 0.6 is 0 Å². The second-order valence-electron chi connectivity index (χ2n) is 8.28. The maximum atomic E-state index is 14.2. The molecular weight excluding hydrogens is 369 g/mol. The number of aromatic nitrogens is 5. The van der Waals surface area contributed by atoms with E-state index >= 15 is 0 Å². The van der Waals surface area contributed by atoms with Crippen molar-refractivity contribution in [1.82, 2.24) is 30.1 Å². The summed E-state index contributed by atoms with van der Waals surface area (Å²) in [6.45, 7) is 9.26. The molecule has 1 aliphatic rings. The second-order valence-corrected chi connectivity index (χ2v) is 8.28. The molecule has 1 fully saturated rings. The maximum Gasteiger partial charge on any atom is 0.173 e. The number of para-hydroxylation sites is 1. The summed E-state index contributed by atoms with van der Waals surface area (Å²) in [5.74, 6) is 0.617. The Kier molecular flexibility index (Phi) is 5.27. The highest BCUT2D eigenvalue weighted by Crippen LogP contribution is 2.31. The van der Waals surface area contributed by atoms with Crippen LogP contribution in [0.25, 0.3) is 0 Å². The maximum absolute atomic E-state index is 14.2. The van der Waals surface area contributed by atoms with Gasteiger partial charge in [0.1, 0.15) is 5.82 Å². The molecule has 29 heavy (non-hydrogen) atoms. The number of pyridine rings is 1. The van der Waals surface area contributed by atoms with Crippen LogP contribution in [0.2, 0.25) is 0 Å². The molecule has 152 valence electrons. The number of benzene rings is 1. The molecular formula is C21H26FN7. The van der Waals surface area contributed by atoms with Crippen LogP contribution in [0, 0.1) is 5.82 Å². The van der Waals surface area contributed by atoms with Crippen molar-refractivity contribution in [3.8, 4) is 0 Å². The number of anilines is 1. The minimum Gasteiger partial charge on any atom is -0.367 e. The molecule has 0 spiro atoms. The summed E-state index contributed by atoms with van der Waals surface area (Å²) in [7, 11) is 0. The third-order valence-electron chi connectivity index (χ3n) is 5.25. The van der Waals surface area contributed by atoms with Crippen LogP contribution in [0.1, 0.15) is 38.2 Å². The summed E-state index contributed by atoms with van der Waals surface area (Å²) in [6.07, 6.45) is 3.64. The Morgan fingerprint density at radius 1 is 1.00 bits per heavy atom. The molecule has 1 atom stereocenters. The van der Waals surface area contributed by atoms with Gasteiger partial charge in [0.2, 0.25) is 0 Å². The highest BCUT2D eigenvalue weighted by Gasteiger charge is 2.33. The number of hydrogen-bond acceptors (Lipinski definition) is 6. The van der Waals surface area contributed by atoms with Gasteiger partial charge in [0, 0.05) is 38.6 Å². The van der Waals surface area contributed by atoms with E-state index in [1.165, 1.54) is 6.07 Å². The molecule has 1 aliphatic heterocycles. The molecule has 0 bridgehead atoms. The van der Waals surface area contributed by atoms with Crippen molar-refractivity contribution in [2.24, 2.45) is 0 Å². The zero-order valence-electron chi connectivity index (χ0n) is 17.0. The highest BCUT2D eigenvalue weighted by atomic mass is 19.1. The molecule has 0 unspecified atom stereocenters. The Hall–Kier alpha value is -2.87. The lowest BCUT2D eigenvalue weighted by Crippen LogP contribution is -2.49. The number of tetrazole rings is 1. The van der Waals surface area contributed by atoms with Gasteiger partial charge in [-0.05, 0) is 55.0 Å². The third kappa shape index (κ3) is 3.98. The van der Waals surface area contributed by atoms with Gasteiger partial charge in [-0.2, -0.15) is 0 Å². The van der Waals surface area contributed by atoms with Gasteiger partial charge < -0.3 is 4.90 Å². The molecule has 0 N–H and O–H groups in total. The van der Waals surface area contributed by atoms with E-state index in [4.69, 9.17) is 0 Å². The highest BCUT2D eigenvalue weighted by molar-refractivity contribution is 5.48. The SMILES string of the molecule is CC(C)(C)n1nnnc1[C@H](c1cccnc1)N1CCN(c2ccccc2F)CC1. The molecule has 0 saturated carbocycles. The molecule has 8 heteroatoms. The summed E-state index contributed by atoms with van der Waals surface area (Å²) >= 11 is 0. The Morgan fingerprint density at radius 2 is 1.76 bits per heavy atom. The predicted octanol–water partition coefficient (Wildman–Crippen LogP) is 2.87. The Balaban J connectivity index is 1.63. The molecule has 0 amide bonds. The number of halogens is 1. The molecule has 3 aromatic rings. The van der Waals surface area contributed by atoms with Crippen molar-refractivity contribution in [1.29, 1.82) is 0 Å². The number of piperazine rings is 1. The van der Waals surface area contributed by atoms with Crippen molar-refractivity contribution in [2.45, 2.75) is 32.4 Å². The summed E-state index contributed by atoms with van der Waals surface area (Å²) in [6, 6.07) is 10.8. The van der Waals surface area contributed by atoms with Crippen LogP contribution in [0.15, 0.2) is 48.8 Å². The lowest BCUT2D eigenvalue weighted by atomic mass is 10.0. The molecule has 3 heterocycles. The molecule has 4 rings (SSSR count). The van der Waals surface area contributed by atoms with Crippen molar-refractivity contribution in [3.63, 3.8) is 0 Å². The van der Waals surface area contributed by atoms with E-state index in [1.54, 1.807) is 12.3 Å². The predicted molar refractivity (Wildman–Crippen MR) is 109 cm³/mol. The lowest BCUT2D eigenvalue weighted by molar-refractivity contribution is 0.191. The van der Waals surface area contributed by atoms with Gasteiger partial charge in [0.05, 0.1) is 17.3 Å². The van der Waals surface area contributed by atoms with E-state index in [1.807, 2.05) is 29.1 Å².